The van der Waals surface area contributed by atoms with Crippen LogP contribution in [0.3, 0.4) is 0 Å². The van der Waals surface area contributed by atoms with E-state index in [9.17, 15) is 24.0 Å². The zero-order valence-corrected chi connectivity index (χ0v) is 26.8. The minimum absolute atomic E-state index is 0.0558. The molecule has 14 heteroatoms. The number of nitrogens with one attached hydrogen (secondary N) is 5. The molecule has 1 aromatic rings. The molecule has 0 radical (unpaired) electrons. The molecule has 45 heavy (non-hydrogen) atoms. The van der Waals surface area contributed by atoms with Crippen molar-refractivity contribution in [3.63, 3.8) is 0 Å². The normalized spacial score (nSPS) is 11.5. The summed E-state index contributed by atoms with van der Waals surface area (Å²) in [6, 6.07) is 8.10. The highest BCUT2D eigenvalue weighted by molar-refractivity contribution is 5.92. The van der Waals surface area contributed by atoms with Crippen LogP contribution in [0, 0.1) is 5.92 Å². The Balaban J connectivity index is 2.17. The summed E-state index contributed by atoms with van der Waals surface area (Å²) >= 11 is 0. The van der Waals surface area contributed by atoms with E-state index in [4.69, 9.17) is 18.9 Å². The van der Waals surface area contributed by atoms with Gasteiger partial charge in [0.25, 0.3) is 0 Å². The predicted octanol–water partition coefficient (Wildman–Crippen LogP) is -0.299. The number of hydrogen-bond acceptors (Lipinski definition) is 9. The first kappa shape index (κ1) is 39.4. The van der Waals surface area contributed by atoms with Gasteiger partial charge in [-0.25, -0.2) is 0 Å². The fourth-order valence-corrected chi connectivity index (χ4v) is 3.61. The molecule has 1 rings (SSSR count). The number of amides is 5. The Bertz CT molecular complexity index is 995. The fourth-order valence-electron chi connectivity index (χ4n) is 3.61. The molecule has 5 N–H and O–H groups in total. The third-order valence-corrected chi connectivity index (χ3v) is 6.05. The largest absolute Gasteiger partial charge is 0.379 e. The van der Waals surface area contributed by atoms with Crippen molar-refractivity contribution in [3.8, 4) is 0 Å². The molecule has 254 valence electrons. The van der Waals surface area contributed by atoms with Gasteiger partial charge in [0.15, 0.2) is 0 Å². The van der Waals surface area contributed by atoms with E-state index in [0.717, 1.165) is 18.6 Å². The summed E-state index contributed by atoms with van der Waals surface area (Å²) in [6.45, 7) is 9.10. The van der Waals surface area contributed by atoms with Gasteiger partial charge in [-0.3, -0.25) is 24.0 Å². The van der Waals surface area contributed by atoms with Crippen LogP contribution < -0.4 is 26.6 Å². The maximum atomic E-state index is 12.7. The van der Waals surface area contributed by atoms with Gasteiger partial charge in [0.2, 0.25) is 29.5 Å². The molecule has 0 heterocycles. The molecule has 1 unspecified atom stereocenters. The number of hydrogen-bond donors (Lipinski definition) is 5. The van der Waals surface area contributed by atoms with Crippen molar-refractivity contribution in [1.29, 1.82) is 0 Å². The lowest BCUT2D eigenvalue weighted by Crippen LogP contribution is -2.52. The van der Waals surface area contributed by atoms with Crippen molar-refractivity contribution in [1.82, 2.24) is 26.6 Å². The summed E-state index contributed by atoms with van der Waals surface area (Å²) in [5.74, 6) is -1.82. The Morgan fingerprint density at radius 2 is 1.13 bits per heavy atom. The molecule has 0 spiro atoms. The predicted molar refractivity (Wildman–Crippen MR) is 167 cm³/mol. The molecule has 0 aliphatic rings. The number of carbonyl (C=O) groups is 5. The number of carbonyl (C=O) groups excluding carboxylic acids is 5. The molecular formula is C31H51N5O9. The highest BCUT2D eigenvalue weighted by atomic mass is 16.6. The van der Waals surface area contributed by atoms with Gasteiger partial charge >= 0.3 is 0 Å². The van der Waals surface area contributed by atoms with E-state index < -0.39 is 30.3 Å². The fraction of sp³-hybridized carbons (Fsp3) is 0.645. The molecule has 0 saturated carbocycles. The molecule has 0 aliphatic carbocycles. The number of benzene rings is 1. The molecule has 0 aromatic heterocycles. The van der Waals surface area contributed by atoms with Crippen molar-refractivity contribution in [2.24, 2.45) is 5.92 Å². The van der Waals surface area contributed by atoms with Crippen molar-refractivity contribution in [2.75, 3.05) is 79.0 Å². The molecule has 0 fully saturated rings. The van der Waals surface area contributed by atoms with Gasteiger partial charge in [0.05, 0.1) is 65.9 Å². The molecule has 1 aromatic carbocycles. The Labute approximate surface area is 266 Å². The van der Waals surface area contributed by atoms with Gasteiger partial charge in [0.1, 0.15) is 6.04 Å². The Morgan fingerprint density at radius 1 is 0.622 bits per heavy atom. The Kier molecular flexibility index (Phi) is 22.5. The van der Waals surface area contributed by atoms with E-state index in [2.05, 4.69) is 40.4 Å². The summed E-state index contributed by atoms with van der Waals surface area (Å²) in [7, 11) is 0. The lowest BCUT2D eigenvalue weighted by Gasteiger charge is -2.19. The summed E-state index contributed by atoms with van der Waals surface area (Å²) in [4.78, 5) is 61.0. The van der Waals surface area contributed by atoms with Gasteiger partial charge < -0.3 is 45.5 Å². The van der Waals surface area contributed by atoms with Gasteiger partial charge in [-0.15, -0.1) is 0 Å². The van der Waals surface area contributed by atoms with Gasteiger partial charge in [-0.05, 0) is 24.8 Å². The third-order valence-electron chi connectivity index (χ3n) is 6.05. The number of rotatable bonds is 26. The van der Waals surface area contributed by atoms with Crippen LogP contribution >= 0.6 is 0 Å². The molecule has 0 aliphatic heterocycles. The maximum absolute atomic E-state index is 12.7. The van der Waals surface area contributed by atoms with Crippen LogP contribution in [-0.4, -0.2) is 115 Å². The quantitative estimate of drug-likeness (QED) is 0.0852. The highest BCUT2D eigenvalue weighted by Gasteiger charge is 2.22. The zero-order chi connectivity index (χ0) is 33.1. The summed E-state index contributed by atoms with van der Waals surface area (Å²) in [5.41, 5.74) is 0.804. The number of ether oxygens (including phenoxy) is 4. The number of likely N-dealkylation sites (N-methyl/N-ethyl adjacent to an activating group) is 1. The molecule has 0 bridgehead atoms. The lowest BCUT2D eigenvalue weighted by molar-refractivity contribution is -0.131. The van der Waals surface area contributed by atoms with E-state index >= 15 is 0 Å². The third kappa shape index (κ3) is 22.6. The average molecular weight is 638 g/mol. The van der Waals surface area contributed by atoms with Crippen LogP contribution in [-0.2, 0) is 49.3 Å². The summed E-state index contributed by atoms with van der Waals surface area (Å²) in [5, 5.41) is 12.5. The lowest BCUT2D eigenvalue weighted by atomic mass is 10.1. The van der Waals surface area contributed by atoms with E-state index in [1.54, 1.807) is 6.92 Å². The Morgan fingerprint density at radius 3 is 1.73 bits per heavy atom. The van der Waals surface area contributed by atoms with Crippen molar-refractivity contribution >= 4 is 29.5 Å². The molecule has 5 amide bonds. The summed E-state index contributed by atoms with van der Waals surface area (Å²) < 4.78 is 21.7. The summed E-state index contributed by atoms with van der Waals surface area (Å²) in [6.07, 6.45) is 1.28. The van der Waals surface area contributed by atoms with Gasteiger partial charge in [-0.2, -0.15) is 0 Å². The monoisotopic (exact) mass is 637 g/mol. The topological polar surface area (TPSA) is 182 Å². The zero-order valence-electron chi connectivity index (χ0n) is 26.8. The molecule has 0 saturated heterocycles. The second-order valence-corrected chi connectivity index (χ2v) is 10.4. The second-order valence-electron chi connectivity index (χ2n) is 10.4. The standard InChI is InChI=1S/C31H51N5O9/c1-4-32-28(38)22-35-31(41)26(20-25-8-6-5-7-9-25)36-30(40)23-34-29(39)21-33-27(37)11-13-43-15-17-45-19-18-44-16-14-42-12-10-24(2)3/h5-9,24,26H,4,10-23H2,1-3H3,(H,32,38)(H,33,37)(H,34,39)(H,35,41)(H,36,40). The van der Waals surface area contributed by atoms with Crippen LogP contribution in [0.5, 0.6) is 0 Å². The smallest absolute Gasteiger partial charge is 0.243 e. The first-order valence-corrected chi connectivity index (χ1v) is 15.4. The van der Waals surface area contributed by atoms with Crippen molar-refractivity contribution in [3.05, 3.63) is 35.9 Å². The highest BCUT2D eigenvalue weighted by Crippen LogP contribution is 2.04. The minimum atomic E-state index is -0.964. The average Bonchev–Trinajstić information content (AvgIpc) is 3.02. The van der Waals surface area contributed by atoms with Crippen LogP contribution in [0.25, 0.3) is 0 Å². The van der Waals surface area contributed by atoms with E-state index in [1.807, 2.05) is 30.3 Å². The van der Waals surface area contributed by atoms with Crippen LogP contribution in [0.4, 0.5) is 0 Å². The van der Waals surface area contributed by atoms with Crippen molar-refractivity contribution < 1.29 is 42.9 Å². The second kappa shape index (κ2) is 25.7. The maximum Gasteiger partial charge on any atom is 0.243 e. The van der Waals surface area contributed by atoms with E-state index in [-0.39, 0.29) is 44.4 Å². The van der Waals surface area contributed by atoms with Crippen LogP contribution in [0.15, 0.2) is 30.3 Å². The molecule has 14 nitrogen and oxygen atoms in total. The molecular weight excluding hydrogens is 586 g/mol. The first-order valence-electron chi connectivity index (χ1n) is 15.4. The van der Waals surface area contributed by atoms with Crippen molar-refractivity contribution in [2.45, 2.75) is 46.1 Å². The van der Waals surface area contributed by atoms with Gasteiger partial charge in [0, 0.05) is 26.0 Å². The van der Waals surface area contributed by atoms with Crippen LogP contribution in [0.1, 0.15) is 39.2 Å². The van der Waals surface area contributed by atoms with E-state index in [1.165, 1.54) is 0 Å². The minimum Gasteiger partial charge on any atom is -0.379 e. The molecule has 1 atom stereocenters. The van der Waals surface area contributed by atoms with E-state index in [0.29, 0.717) is 52.1 Å². The SMILES string of the molecule is CCNC(=O)CNC(=O)C(Cc1ccccc1)NC(=O)CNC(=O)CNC(=O)CCOCCOCCOCCOCCC(C)C. The first-order chi connectivity index (χ1) is 21.7. The van der Waals surface area contributed by atoms with Gasteiger partial charge in [-0.1, -0.05) is 44.2 Å². The van der Waals surface area contributed by atoms with Crippen LogP contribution in [0.2, 0.25) is 0 Å². The Hall–Kier alpha value is -3.59.